The van der Waals surface area contributed by atoms with Crippen molar-refractivity contribution in [1.29, 1.82) is 0 Å². The Labute approximate surface area is 160 Å². The van der Waals surface area contributed by atoms with Gasteiger partial charge in [0, 0.05) is 13.0 Å². The fourth-order valence-electron chi connectivity index (χ4n) is 3.61. The number of para-hydroxylation sites is 2. The quantitative estimate of drug-likeness (QED) is 0.851. The van der Waals surface area contributed by atoms with Crippen LogP contribution < -0.4 is 10.1 Å². The molecule has 2 aliphatic rings. The number of hydrogen-bond donors (Lipinski definition) is 1. The third-order valence-corrected chi connectivity index (χ3v) is 6.90. The summed E-state index contributed by atoms with van der Waals surface area (Å²) in [5.74, 6) is -0.346. The van der Waals surface area contributed by atoms with Crippen molar-refractivity contribution < 1.29 is 17.9 Å². The van der Waals surface area contributed by atoms with Crippen LogP contribution in [0, 0.1) is 6.92 Å². The normalized spacial score (nSPS) is 24.6. The zero-order valence-electron chi connectivity index (χ0n) is 15.5. The summed E-state index contributed by atoms with van der Waals surface area (Å²) in [6.45, 7) is 4.78. The third kappa shape index (κ3) is 3.09. The summed E-state index contributed by atoms with van der Waals surface area (Å²) >= 11 is 0. The topological polar surface area (TPSA) is 67.9 Å². The van der Waals surface area contributed by atoms with Gasteiger partial charge in [0.15, 0.2) is 6.17 Å². The maximum Gasteiger partial charge on any atom is 0.246 e. The van der Waals surface area contributed by atoms with Crippen molar-refractivity contribution in [2.24, 2.45) is 0 Å². The SMILES string of the molecule is CCCO[C@@]12CCN(S(=O)(=O)c3ccc(C)cc3)[C@@H]1Nc1ccccc1O2. The van der Waals surface area contributed by atoms with E-state index in [9.17, 15) is 8.42 Å². The van der Waals surface area contributed by atoms with Gasteiger partial charge in [0.2, 0.25) is 15.8 Å². The molecule has 0 aliphatic carbocycles. The monoisotopic (exact) mass is 388 g/mol. The standard InChI is InChI=1S/C20H24N2O4S/c1-3-14-25-20-12-13-22(27(23,24)16-10-8-15(2)9-11-16)19(20)21-17-6-4-5-7-18(17)26-20/h4-11,19,21H,3,12-14H2,1-2H3/t19-,20+/m0/s1. The van der Waals surface area contributed by atoms with Crippen LogP contribution in [-0.4, -0.2) is 37.8 Å². The Bertz CT molecular complexity index is 929. The molecular weight excluding hydrogens is 364 g/mol. The lowest BCUT2D eigenvalue weighted by molar-refractivity contribution is -0.192. The largest absolute Gasteiger partial charge is 0.456 e. The summed E-state index contributed by atoms with van der Waals surface area (Å²) in [4.78, 5) is 0.278. The molecule has 4 rings (SSSR count). The summed E-state index contributed by atoms with van der Waals surface area (Å²) in [7, 11) is -3.68. The summed E-state index contributed by atoms with van der Waals surface area (Å²) < 4.78 is 40.4. The minimum absolute atomic E-state index is 0.278. The van der Waals surface area contributed by atoms with Crippen LogP contribution >= 0.6 is 0 Å². The Hall–Kier alpha value is -2.09. The molecule has 2 atom stereocenters. The van der Waals surface area contributed by atoms with E-state index >= 15 is 0 Å². The third-order valence-electron chi connectivity index (χ3n) is 5.03. The van der Waals surface area contributed by atoms with Gasteiger partial charge < -0.3 is 14.8 Å². The molecule has 0 amide bonds. The van der Waals surface area contributed by atoms with Crippen LogP contribution in [0.2, 0.25) is 0 Å². The molecule has 0 spiro atoms. The Morgan fingerprint density at radius 2 is 1.96 bits per heavy atom. The van der Waals surface area contributed by atoms with E-state index < -0.39 is 22.0 Å². The van der Waals surface area contributed by atoms with Gasteiger partial charge in [0.25, 0.3) is 0 Å². The number of ether oxygens (including phenoxy) is 2. The van der Waals surface area contributed by atoms with Crippen LogP contribution in [0.1, 0.15) is 25.3 Å². The highest BCUT2D eigenvalue weighted by atomic mass is 32.2. The summed E-state index contributed by atoms with van der Waals surface area (Å²) in [5.41, 5.74) is 1.79. The van der Waals surface area contributed by atoms with Crippen LogP contribution in [0.5, 0.6) is 5.75 Å². The predicted octanol–water partition coefficient (Wildman–Crippen LogP) is 3.34. The zero-order chi connectivity index (χ0) is 19.1. The highest BCUT2D eigenvalue weighted by Crippen LogP contribution is 2.44. The Morgan fingerprint density at radius 3 is 2.70 bits per heavy atom. The summed E-state index contributed by atoms with van der Waals surface area (Å²) in [5, 5.41) is 3.34. The van der Waals surface area contributed by atoms with Gasteiger partial charge in [-0.1, -0.05) is 36.8 Å². The van der Waals surface area contributed by atoms with E-state index in [0.29, 0.717) is 25.3 Å². The average molecular weight is 388 g/mol. The van der Waals surface area contributed by atoms with Crippen LogP contribution in [0.3, 0.4) is 0 Å². The first-order valence-corrected chi connectivity index (χ1v) is 10.7. The maximum absolute atomic E-state index is 13.3. The molecule has 2 aromatic carbocycles. The van der Waals surface area contributed by atoms with E-state index in [2.05, 4.69) is 5.32 Å². The number of nitrogens with zero attached hydrogens (tertiary/aromatic N) is 1. The molecule has 2 heterocycles. The number of nitrogens with one attached hydrogen (secondary N) is 1. The summed E-state index contributed by atoms with van der Waals surface area (Å²) in [6, 6.07) is 14.5. The minimum Gasteiger partial charge on any atom is -0.456 e. The molecule has 2 aromatic rings. The predicted molar refractivity (Wildman–Crippen MR) is 103 cm³/mol. The van der Waals surface area contributed by atoms with E-state index in [1.54, 1.807) is 12.1 Å². The fraction of sp³-hybridized carbons (Fsp3) is 0.400. The first-order valence-electron chi connectivity index (χ1n) is 9.23. The van der Waals surface area contributed by atoms with E-state index in [0.717, 1.165) is 17.7 Å². The van der Waals surface area contributed by atoms with E-state index in [1.807, 2.05) is 50.2 Å². The van der Waals surface area contributed by atoms with E-state index in [-0.39, 0.29) is 4.90 Å². The lowest BCUT2D eigenvalue weighted by Crippen LogP contribution is -2.58. The van der Waals surface area contributed by atoms with Gasteiger partial charge in [-0.2, -0.15) is 4.31 Å². The smallest absolute Gasteiger partial charge is 0.246 e. The van der Waals surface area contributed by atoms with Crippen molar-refractivity contribution in [2.45, 2.75) is 43.5 Å². The van der Waals surface area contributed by atoms with Crippen molar-refractivity contribution in [3.8, 4) is 5.75 Å². The lowest BCUT2D eigenvalue weighted by atomic mass is 10.1. The average Bonchev–Trinajstić information content (AvgIpc) is 3.04. The second-order valence-corrected chi connectivity index (χ2v) is 8.87. The van der Waals surface area contributed by atoms with E-state index in [4.69, 9.17) is 9.47 Å². The number of sulfonamides is 1. The van der Waals surface area contributed by atoms with Crippen LogP contribution in [0.25, 0.3) is 0 Å². The summed E-state index contributed by atoms with van der Waals surface area (Å²) in [6.07, 6.45) is 0.666. The Balaban J connectivity index is 1.73. The number of fused-ring (bicyclic) bond motifs is 2. The molecule has 1 saturated heterocycles. The van der Waals surface area contributed by atoms with Gasteiger partial charge in [-0.25, -0.2) is 8.42 Å². The van der Waals surface area contributed by atoms with Gasteiger partial charge in [-0.3, -0.25) is 0 Å². The molecule has 7 heteroatoms. The lowest BCUT2D eigenvalue weighted by Gasteiger charge is -2.42. The maximum atomic E-state index is 13.3. The zero-order valence-corrected chi connectivity index (χ0v) is 16.3. The number of aryl methyl sites for hydroxylation is 1. The van der Waals surface area contributed by atoms with Crippen molar-refractivity contribution in [1.82, 2.24) is 4.31 Å². The first-order chi connectivity index (χ1) is 13.0. The second kappa shape index (κ2) is 6.82. The molecule has 2 aliphatic heterocycles. The van der Waals surface area contributed by atoms with Crippen molar-refractivity contribution in [3.05, 3.63) is 54.1 Å². The second-order valence-electron chi connectivity index (χ2n) is 6.98. The molecule has 1 N–H and O–H groups in total. The highest BCUT2D eigenvalue weighted by molar-refractivity contribution is 7.89. The minimum atomic E-state index is -3.68. The number of anilines is 1. The van der Waals surface area contributed by atoms with Crippen molar-refractivity contribution in [2.75, 3.05) is 18.5 Å². The van der Waals surface area contributed by atoms with Crippen LogP contribution in [-0.2, 0) is 14.8 Å². The van der Waals surface area contributed by atoms with Crippen molar-refractivity contribution >= 4 is 15.7 Å². The molecule has 0 saturated carbocycles. The van der Waals surface area contributed by atoms with Crippen LogP contribution in [0.15, 0.2) is 53.4 Å². The number of hydrogen-bond acceptors (Lipinski definition) is 5. The van der Waals surface area contributed by atoms with Crippen LogP contribution in [0.4, 0.5) is 5.69 Å². The molecular formula is C20H24N2O4S. The fourth-order valence-corrected chi connectivity index (χ4v) is 5.18. The highest BCUT2D eigenvalue weighted by Gasteiger charge is 2.57. The molecule has 0 aromatic heterocycles. The molecule has 27 heavy (non-hydrogen) atoms. The molecule has 0 bridgehead atoms. The Kier molecular flexibility index (Phi) is 4.61. The molecule has 0 unspecified atom stereocenters. The molecule has 6 nitrogen and oxygen atoms in total. The number of benzene rings is 2. The van der Waals surface area contributed by atoms with Gasteiger partial charge in [0.1, 0.15) is 5.75 Å². The van der Waals surface area contributed by atoms with Gasteiger partial charge >= 0.3 is 0 Å². The Morgan fingerprint density at radius 1 is 1.22 bits per heavy atom. The first kappa shape index (κ1) is 18.3. The van der Waals surface area contributed by atoms with Gasteiger partial charge in [0.05, 0.1) is 17.2 Å². The molecule has 144 valence electrons. The molecule has 1 fully saturated rings. The van der Waals surface area contributed by atoms with Gasteiger partial charge in [-0.15, -0.1) is 0 Å². The van der Waals surface area contributed by atoms with Gasteiger partial charge in [-0.05, 0) is 37.6 Å². The van der Waals surface area contributed by atoms with Crippen molar-refractivity contribution in [3.63, 3.8) is 0 Å². The molecule has 0 radical (unpaired) electrons. The number of rotatable bonds is 5. The van der Waals surface area contributed by atoms with E-state index in [1.165, 1.54) is 4.31 Å².